The summed E-state index contributed by atoms with van der Waals surface area (Å²) in [4.78, 5) is 18.6. The van der Waals surface area contributed by atoms with E-state index >= 15 is 0 Å². The van der Waals surface area contributed by atoms with Crippen molar-refractivity contribution in [2.45, 2.75) is 6.04 Å². The Balaban J connectivity index is 2.16. The number of hydrogen-bond acceptors (Lipinski definition) is 4. The van der Waals surface area contributed by atoms with Crippen LogP contribution in [0.3, 0.4) is 0 Å². The first-order valence-corrected chi connectivity index (χ1v) is 3.55. The van der Waals surface area contributed by atoms with Crippen LogP contribution in [0.25, 0.3) is 0 Å². The Morgan fingerprint density at radius 3 is 3.08 bits per heavy atom. The zero-order valence-electron chi connectivity index (χ0n) is 6.23. The summed E-state index contributed by atoms with van der Waals surface area (Å²) in [5.74, 6) is 0. The molecule has 0 bridgehead atoms. The molecule has 0 aliphatic carbocycles. The van der Waals surface area contributed by atoms with Crippen molar-refractivity contribution in [1.29, 1.82) is 0 Å². The van der Waals surface area contributed by atoms with Gasteiger partial charge in [0, 0.05) is 12.4 Å². The molecule has 1 fully saturated rings. The molecule has 0 aromatic carbocycles. The van der Waals surface area contributed by atoms with Crippen LogP contribution in [-0.2, 0) is 4.74 Å². The second-order valence-electron chi connectivity index (χ2n) is 2.43. The number of ether oxygens (including phenoxy) is 1. The summed E-state index contributed by atoms with van der Waals surface area (Å²) in [6.45, 7) is 0.331. The number of rotatable bonds is 1. The van der Waals surface area contributed by atoms with Crippen LogP contribution in [0.15, 0.2) is 18.6 Å². The Morgan fingerprint density at radius 2 is 2.50 bits per heavy atom. The fourth-order valence-corrected chi connectivity index (χ4v) is 1.03. The predicted octanol–water partition coefficient (Wildman–Crippen LogP) is 0.258. The van der Waals surface area contributed by atoms with Gasteiger partial charge in [-0.25, -0.2) is 4.79 Å². The van der Waals surface area contributed by atoms with E-state index in [0.29, 0.717) is 6.61 Å². The molecule has 12 heavy (non-hydrogen) atoms. The second-order valence-corrected chi connectivity index (χ2v) is 2.43. The van der Waals surface area contributed by atoms with E-state index in [1.807, 2.05) is 0 Å². The summed E-state index contributed by atoms with van der Waals surface area (Å²) < 4.78 is 4.70. The molecule has 2 heterocycles. The van der Waals surface area contributed by atoms with Crippen LogP contribution < -0.4 is 5.32 Å². The highest BCUT2D eigenvalue weighted by Crippen LogP contribution is 2.13. The standard InChI is InChI=1S/C7H7N3O2/c11-7-10-6(4-12-7)5-3-8-1-2-9-5/h1-3,6H,4H2,(H,10,11)/t6-/m1/s1. The summed E-state index contributed by atoms with van der Waals surface area (Å²) in [7, 11) is 0. The number of nitrogens with zero attached hydrogens (tertiary/aromatic N) is 2. The summed E-state index contributed by atoms with van der Waals surface area (Å²) >= 11 is 0. The van der Waals surface area contributed by atoms with Gasteiger partial charge in [-0.05, 0) is 0 Å². The molecular formula is C7H7N3O2. The Hall–Kier alpha value is -1.65. The van der Waals surface area contributed by atoms with Crippen LogP contribution in [-0.4, -0.2) is 22.7 Å². The van der Waals surface area contributed by atoms with Crippen molar-refractivity contribution < 1.29 is 9.53 Å². The second kappa shape index (κ2) is 2.77. The first kappa shape index (κ1) is 7.02. The van der Waals surface area contributed by atoms with Gasteiger partial charge in [0.05, 0.1) is 11.9 Å². The van der Waals surface area contributed by atoms with Gasteiger partial charge in [0.25, 0.3) is 0 Å². The predicted molar refractivity (Wildman–Crippen MR) is 39.3 cm³/mol. The minimum Gasteiger partial charge on any atom is -0.447 e. The number of amides is 1. The van der Waals surface area contributed by atoms with Gasteiger partial charge in [-0.2, -0.15) is 0 Å². The molecule has 1 amide bonds. The average molecular weight is 165 g/mol. The molecule has 5 heteroatoms. The number of carbonyl (C=O) groups is 1. The topological polar surface area (TPSA) is 64.1 Å². The van der Waals surface area contributed by atoms with E-state index in [-0.39, 0.29) is 6.04 Å². The Kier molecular flexibility index (Phi) is 1.62. The first-order chi connectivity index (χ1) is 5.86. The average Bonchev–Trinajstić information content (AvgIpc) is 2.54. The van der Waals surface area contributed by atoms with Crippen LogP contribution >= 0.6 is 0 Å². The van der Waals surface area contributed by atoms with Crippen LogP contribution in [0.2, 0.25) is 0 Å². The van der Waals surface area contributed by atoms with Gasteiger partial charge in [-0.15, -0.1) is 0 Å². The number of nitrogens with one attached hydrogen (secondary N) is 1. The highest BCUT2D eigenvalue weighted by molar-refractivity contribution is 5.69. The molecule has 2 rings (SSSR count). The van der Waals surface area contributed by atoms with Gasteiger partial charge >= 0.3 is 6.09 Å². The first-order valence-electron chi connectivity index (χ1n) is 3.55. The van der Waals surface area contributed by atoms with E-state index < -0.39 is 6.09 Å². The molecule has 62 valence electrons. The molecule has 0 radical (unpaired) electrons. The monoisotopic (exact) mass is 165 g/mol. The molecule has 0 spiro atoms. The van der Waals surface area contributed by atoms with Crippen molar-refractivity contribution in [3.8, 4) is 0 Å². The number of cyclic esters (lactones) is 1. The zero-order valence-corrected chi connectivity index (χ0v) is 6.23. The molecule has 1 aromatic heterocycles. The van der Waals surface area contributed by atoms with Gasteiger partial charge < -0.3 is 10.1 Å². The van der Waals surface area contributed by atoms with Gasteiger partial charge in [0.2, 0.25) is 0 Å². The summed E-state index contributed by atoms with van der Waals surface area (Å²) in [6.07, 6.45) is 4.38. The molecule has 1 aliphatic heterocycles. The van der Waals surface area contributed by atoms with E-state index in [4.69, 9.17) is 4.74 Å². The third-order valence-corrected chi connectivity index (χ3v) is 1.61. The third kappa shape index (κ3) is 1.20. The quantitative estimate of drug-likeness (QED) is 0.648. The largest absolute Gasteiger partial charge is 0.447 e. The molecule has 1 saturated heterocycles. The minimum atomic E-state index is -0.398. The van der Waals surface area contributed by atoms with Crippen molar-refractivity contribution in [2.75, 3.05) is 6.61 Å². The lowest BCUT2D eigenvalue weighted by Gasteiger charge is -2.03. The van der Waals surface area contributed by atoms with E-state index in [0.717, 1.165) is 5.69 Å². The van der Waals surface area contributed by atoms with Crippen LogP contribution in [0.1, 0.15) is 11.7 Å². The van der Waals surface area contributed by atoms with E-state index in [1.54, 1.807) is 18.6 Å². The van der Waals surface area contributed by atoms with Gasteiger partial charge in [-0.1, -0.05) is 0 Å². The molecule has 5 nitrogen and oxygen atoms in total. The molecule has 1 atom stereocenters. The smallest absolute Gasteiger partial charge is 0.407 e. The molecule has 1 aliphatic rings. The summed E-state index contributed by atoms with van der Waals surface area (Å²) in [5.41, 5.74) is 0.725. The maximum Gasteiger partial charge on any atom is 0.407 e. The zero-order chi connectivity index (χ0) is 8.39. The van der Waals surface area contributed by atoms with E-state index in [1.165, 1.54) is 0 Å². The highest BCUT2D eigenvalue weighted by atomic mass is 16.6. The van der Waals surface area contributed by atoms with Gasteiger partial charge in [0.15, 0.2) is 0 Å². The van der Waals surface area contributed by atoms with Crippen molar-refractivity contribution in [3.05, 3.63) is 24.3 Å². The third-order valence-electron chi connectivity index (χ3n) is 1.61. The molecule has 1 aromatic rings. The lowest BCUT2D eigenvalue weighted by atomic mass is 10.2. The van der Waals surface area contributed by atoms with Gasteiger partial charge in [0.1, 0.15) is 12.6 Å². The van der Waals surface area contributed by atoms with E-state index in [9.17, 15) is 4.79 Å². The van der Waals surface area contributed by atoms with Crippen molar-refractivity contribution in [2.24, 2.45) is 0 Å². The number of carbonyl (C=O) groups excluding carboxylic acids is 1. The maximum absolute atomic E-state index is 10.6. The summed E-state index contributed by atoms with van der Waals surface area (Å²) in [5, 5.41) is 2.61. The van der Waals surface area contributed by atoms with Crippen LogP contribution in [0.4, 0.5) is 4.79 Å². The summed E-state index contributed by atoms with van der Waals surface area (Å²) in [6, 6.07) is -0.147. The number of hydrogen-bond donors (Lipinski definition) is 1. The van der Waals surface area contributed by atoms with Crippen LogP contribution in [0, 0.1) is 0 Å². The molecule has 0 saturated carbocycles. The fourth-order valence-electron chi connectivity index (χ4n) is 1.03. The molecule has 1 N–H and O–H groups in total. The lowest BCUT2D eigenvalue weighted by molar-refractivity contribution is 0.177. The number of alkyl carbamates (subject to hydrolysis) is 1. The molecule has 0 unspecified atom stereocenters. The van der Waals surface area contributed by atoms with Crippen molar-refractivity contribution in [3.63, 3.8) is 0 Å². The SMILES string of the molecule is O=C1N[C@@H](c2cnccn2)CO1. The fraction of sp³-hybridized carbons (Fsp3) is 0.286. The number of aromatic nitrogens is 2. The Bertz CT molecular complexity index is 288. The van der Waals surface area contributed by atoms with Gasteiger partial charge in [-0.3, -0.25) is 9.97 Å². The normalized spacial score (nSPS) is 21.7. The van der Waals surface area contributed by atoms with E-state index in [2.05, 4.69) is 15.3 Å². The van der Waals surface area contributed by atoms with Crippen molar-refractivity contribution in [1.82, 2.24) is 15.3 Å². The Labute approximate surface area is 68.8 Å². The minimum absolute atomic E-state index is 0.147. The van der Waals surface area contributed by atoms with Crippen molar-refractivity contribution >= 4 is 6.09 Å². The maximum atomic E-state index is 10.6. The molecular weight excluding hydrogens is 158 g/mol. The lowest BCUT2D eigenvalue weighted by Crippen LogP contribution is -2.19. The van der Waals surface area contributed by atoms with Crippen LogP contribution in [0.5, 0.6) is 0 Å². The Morgan fingerprint density at radius 1 is 1.58 bits per heavy atom. The highest BCUT2D eigenvalue weighted by Gasteiger charge is 2.24.